The summed E-state index contributed by atoms with van der Waals surface area (Å²) in [6.45, 7) is 7.51. The number of hydrogen-bond acceptors (Lipinski definition) is 3. The number of nitrogens with zero attached hydrogens (tertiary/aromatic N) is 1. The van der Waals surface area contributed by atoms with E-state index in [2.05, 4.69) is 18.7 Å². The van der Waals surface area contributed by atoms with Gasteiger partial charge < -0.3 is 14.8 Å². The van der Waals surface area contributed by atoms with E-state index in [-0.39, 0.29) is 5.41 Å². The molecule has 0 aromatic heterocycles. The van der Waals surface area contributed by atoms with Gasteiger partial charge in [0.05, 0.1) is 0 Å². The van der Waals surface area contributed by atoms with E-state index in [1.807, 2.05) is 0 Å². The van der Waals surface area contributed by atoms with Crippen LogP contribution in [0.1, 0.15) is 39.5 Å². The zero-order valence-corrected chi connectivity index (χ0v) is 10.6. The largest absolute Gasteiger partial charge is 0.396 e. The molecule has 1 heterocycles. The normalized spacial score (nSPS) is 22.6. The van der Waals surface area contributed by atoms with Crippen molar-refractivity contribution in [1.29, 1.82) is 0 Å². The summed E-state index contributed by atoms with van der Waals surface area (Å²) in [7, 11) is 0. The average molecular weight is 227 g/mol. The third-order valence-corrected chi connectivity index (χ3v) is 4.10. The third kappa shape index (κ3) is 3.29. The Hall–Kier alpha value is -0.410. The van der Waals surface area contributed by atoms with Crippen molar-refractivity contribution in [3.8, 4) is 0 Å². The Balaban J connectivity index is 2.45. The summed E-state index contributed by atoms with van der Waals surface area (Å²) in [6.07, 6.45) is 5.07. The molecule has 0 aromatic carbocycles. The van der Waals surface area contributed by atoms with Crippen LogP contribution in [0.4, 0.5) is 0 Å². The summed E-state index contributed by atoms with van der Waals surface area (Å²) < 4.78 is 0. The molecular formula is C13H25NO2. The first kappa shape index (κ1) is 13.7. The van der Waals surface area contributed by atoms with Crippen LogP contribution in [-0.4, -0.2) is 42.5 Å². The number of aliphatic hydroxyl groups excluding tert-OH is 1. The Labute approximate surface area is 98.8 Å². The molecule has 94 valence electrons. The number of hydrogen-bond donors (Lipinski definition) is 1. The summed E-state index contributed by atoms with van der Waals surface area (Å²) in [5.41, 5.74) is -0.145. The smallest absolute Gasteiger partial charge is 0.127 e. The molecule has 0 bridgehead atoms. The van der Waals surface area contributed by atoms with Crippen molar-refractivity contribution < 1.29 is 9.90 Å². The first-order valence-corrected chi connectivity index (χ1v) is 6.49. The molecule has 0 saturated carbocycles. The van der Waals surface area contributed by atoms with Gasteiger partial charge in [0.25, 0.3) is 0 Å². The SMILES string of the molecule is CCC(C=O)(CC)CN1CCC(CCO)C1. The van der Waals surface area contributed by atoms with E-state index in [9.17, 15) is 4.79 Å². The van der Waals surface area contributed by atoms with Crippen LogP contribution >= 0.6 is 0 Å². The lowest BCUT2D eigenvalue weighted by Crippen LogP contribution is -2.37. The van der Waals surface area contributed by atoms with Crippen LogP contribution in [0.15, 0.2) is 0 Å². The van der Waals surface area contributed by atoms with Crippen LogP contribution in [0, 0.1) is 11.3 Å². The molecule has 1 unspecified atom stereocenters. The minimum Gasteiger partial charge on any atom is -0.396 e. The predicted molar refractivity (Wildman–Crippen MR) is 65.3 cm³/mol. The van der Waals surface area contributed by atoms with Gasteiger partial charge in [-0.1, -0.05) is 13.8 Å². The Morgan fingerprint density at radius 2 is 2.12 bits per heavy atom. The first-order valence-electron chi connectivity index (χ1n) is 6.49. The monoisotopic (exact) mass is 227 g/mol. The van der Waals surface area contributed by atoms with Gasteiger partial charge in [-0.05, 0) is 38.1 Å². The second-order valence-corrected chi connectivity index (χ2v) is 5.09. The molecule has 1 saturated heterocycles. The highest BCUT2D eigenvalue weighted by Crippen LogP contribution is 2.28. The number of carbonyl (C=O) groups excluding carboxylic acids is 1. The molecule has 0 amide bonds. The molecule has 1 N–H and O–H groups in total. The molecule has 0 radical (unpaired) electrons. The van der Waals surface area contributed by atoms with Crippen molar-refractivity contribution in [1.82, 2.24) is 4.90 Å². The molecule has 1 aliphatic heterocycles. The van der Waals surface area contributed by atoms with Crippen LogP contribution in [0.3, 0.4) is 0 Å². The third-order valence-electron chi connectivity index (χ3n) is 4.10. The fourth-order valence-corrected chi connectivity index (χ4v) is 2.60. The van der Waals surface area contributed by atoms with Crippen molar-refractivity contribution in [2.45, 2.75) is 39.5 Å². The maximum absolute atomic E-state index is 11.2. The van der Waals surface area contributed by atoms with Crippen LogP contribution < -0.4 is 0 Å². The van der Waals surface area contributed by atoms with E-state index in [1.54, 1.807) is 0 Å². The Morgan fingerprint density at radius 1 is 1.44 bits per heavy atom. The van der Waals surface area contributed by atoms with Crippen molar-refractivity contribution >= 4 is 6.29 Å². The molecule has 1 aliphatic rings. The first-order chi connectivity index (χ1) is 7.69. The number of carbonyl (C=O) groups is 1. The predicted octanol–water partition coefficient (Wildman–Crippen LogP) is 1.70. The molecule has 1 atom stereocenters. The fourth-order valence-electron chi connectivity index (χ4n) is 2.60. The molecule has 0 spiro atoms. The summed E-state index contributed by atoms with van der Waals surface area (Å²) in [5, 5.41) is 8.91. The van der Waals surface area contributed by atoms with Gasteiger partial charge in [-0.3, -0.25) is 0 Å². The minimum atomic E-state index is -0.145. The lowest BCUT2D eigenvalue weighted by molar-refractivity contribution is -0.117. The maximum atomic E-state index is 11.2. The van der Waals surface area contributed by atoms with Gasteiger partial charge >= 0.3 is 0 Å². The highest BCUT2D eigenvalue weighted by Gasteiger charge is 2.31. The molecule has 1 rings (SSSR count). The van der Waals surface area contributed by atoms with E-state index in [4.69, 9.17) is 5.11 Å². The number of aldehydes is 1. The van der Waals surface area contributed by atoms with E-state index in [0.717, 1.165) is 45.2 Å². The van der Waals surface area contributed by atoms with Gasteiger partial charge in [0.2, 0.25) is 0 Å². The van der Waals surface area contributed by atoms with Gasteiger partial charge in [0, 0.05) is 25.1 Å². The average Bonchev–Trinajstić information content (AvgIpc) is 2.74. The minimum absolute atomic E-state index is 0.145. The standard InChI is InChI=1S/C13H25NO2/c1-3-13(4-2,11-16)10-14-7-5-12(9-14)6-8-15/h11-12,15H,3-10H2,1-2H3. The summed E-state index contributed by atoms with van der Waals surface area (Å²) in [6, 6.07) is 0. The van der Waals surface area contributed by atoms with E-state index < -0.39 is 0 Å². The molecule has 1 fully saturated rings. The fraction of sp³-hybridized carbons (Fsp3) is 0.923. The molecule has 3 nitrogen and oxygen atoms in total. The van der Waals surface area contributed by atoms with Gasteiger partial charge in [-0.2, -0.15) is 0 Å². The molecule has 0 aromatic rings. The highest BCUT2D eigenvalue weighted by atomic mass is 16.3. The van der Waals surface area contributed by atoms with Crippen LogP contribution in [0.2, 0.25) is 0 Å². The topological polar surface area (TPSA) is 40.5 Å². The van der Waals surface area contributed by atoms with Crippen molar-refractivity contribution in [3.05, 3.63) is 0 Å². The summed E-state index contributed by atoms with van der Waals surface area (Å²) >= 11 is 0. The Morgan fingerprint density at radius 3 is 2.62 bits per heavy atom. The maximum Gasteiger partial charge on any atom is 0.127 e. The van der Waals surface area contributed by atoms with Crippen molar-refractivity contribution in [3.63, 3.8) is 0 Å². The number of aliphatic hydroxyl groups is 1. The van der Waals surface area contributed by atoms with Crippen LogP contribution in [0.25, 0.3) is 0 Å². The zero-order chi connectivity index (χ0) is 12.0. The molecule has 0 aliphatic carbocycles. The highest BCUT2D eigenvalue weighted by molar-refractivity contribution is 5.59. The lowest BCUT2D eigenvalue weighted by atomic mass is 9.83. The Kier molecular flexibility index (Phi) is 5.42. The summed E-state index contributed by atoms with van der Waals surface area (Å²) in [4.78, 5) is 13.6. The van der Waals surface area contributed by atoms with E-state index in [1.165, 1.54) is 6.42 Å². The van der Waals surface area contributed by atoms with Gasteiger partial charge in [-0.15, -0.1) is 0 Å². The second-order valence-electron chi connectivity index (χ2n) is 5.09. The second kappa shape index (κ2) is 6.36. The molecular weight excluding hydrogens is 202 g/mol. The summed E-state index contributed by atoms with van der Waals surface area (Å²) in [5.74, 6) is 0.628. The molecule has 16 heavy (non-hydrogen) atoms. The lowest BCUT2D eigenvalue weighted by Gasteiger charge is -2.30. The van der Waals surface area contributed by atoms with Crippen LogP contribution in [0.5, 0.6) is 0 Å². The zero-order valence-electron chi connectivity index (χ0n) is 10.6. The van der Waals surface area contributed by atoms with Gasteiger partial charge in [0.15, 0.2) is 0 Å². The molecule has 3 heteroatoms. The van der Waals surface area contributed by atoms with Crippen molar-refractivity contribution in [2.24, 2.45) is 11.3 Å². The van der Waals surface area contributed by atoms with E-state index in [0.29, 0.717) is 12.5 Å². The van der Waals surface area contributed by atoms with Gasteiger partial charge in [-0.25, -0.2) is 0 Å². The Bertz CT molecular complexity index is 214. The van der Waals surface area contributed by atoms with Gasteiger partial charge in [0.1, 0.15) is 6.29 Å². The number of rotatable bonds is 7. The van der Waals surface area contributed by atoms with E-state index >= 15 is 0 Å². The quantitative estimate of drug-likeness (QED) is 0.673. The van der Waals surface area contributed by atoms with Crippen molar-refractivity contribution in [2.75, 3.05) is 26.2 Å². The van der Waals surface area contributed by atoms with Crippen LogP contribution in [-0.2, 0) is 4.79 Å². The number of likely N-dealkylation sites (tertiary alicyclic amines) is 1.